The van der Waals surface area contributed by atoms with Crippen LogP contribution in [-0.2, 0) is 9.47 Å². The van der Waals surface area contributed by atoms with Crippen LogP contribution < -0.4 is 0 Å². The lowest BCUT2D eigenvalue weighted by Crippen LogP contribution is -2.22. The molecule has 2 aromatic rings. The highest BCUT2D eigenvalue weighted by Gasteiger charge is 2.19. The molecule has 17 heavy (non-hydrogen) atoms. The summed E-state index contributed by atoms with van der Waals surface area (Å²) >= 11 is 0. The number of aromatic nitrogens is 1. The monoisotopic (exact) mass is 229 g/mol. The Hall–Kier alpha value is -1.58. The normalized spacial score (nSPS) is 20.4. The number of H-pyrrole nitrogens is 1. The van der Waals surface area contributed by atoms with Gasteiger partial charge in [0.25, 0.3) is 0 Å². The minimum Gasteiger partial charge on any atom is -0.376 e. The fourth-order valence-corrected chi connectivity index (χ4v) is 2.19. The van der Waals surface area contributed by atoms with Gasteiger partial charge in [-0.05, 0) is 17.7 Å². The molecule has 1 fully saturated rings. The summed E-state index contributed by atoms with van der Waals surface area (Å²) in [6, 6.07) is 12.4. The third-order valence-corrected chi connectivity index (χ3v) is 3.01. The van der Waals surface area contributed by atoms with Crippen molar-refractivity contribution in [3.05, 3.63) is 48.2 Å². The van der Waals surface area contributed by atoms with Gasteiger partial charge in [-0.15, -0.1) is 0 Å². The maximum Gasteiger partial charge on any atom is 0.107 e. The third kappa shape index (κ3) is 2.12. The van der Waals surface area contributed by atoms with Gasteiger partial charge >= 0.3 is 0 Å². The van der Waals surface area contributed by atoms with Crippen LogP contribution in [0.4, 0.5) is 0 Å². The van der Waals surface area contributed by atoms with E-state index in [-0.39, 0.29) is 6.10 Å². The van der Waals surface area contributed by atoms with Gasteiger partial charge in [-0.2, -0.15) is 0 Å². The summed E-state index contributed by atoms with van der Waals surface area (Å²) in [5.74, 6) is 0. The van der Waals surface area contributed by atoms with Crippen LogP contribution in [0.15, 0.2) is 42.6 Å². The Bertz CT molecular complexity index is 473. The van der Waals surface area contributed by atoms with Crippen molar-refractivity contribution in [1.82, 2.24) is 4.98 Å². The van der Waals surface area contributed by atoms with E-state index in [0.29, 0.717) is 19.8 Å². The maximum atomic E-state index is 5.76. The molecule has 3 rings (SSSR count). The smallest absolute Gasteiger partial charge is 0.107 e. The van der Waals surface area contributed by atoms with E-state index in [1.807, 2.05) is 24.4 Å². The first-order valence-electron chi connectivity index (χ1n) is 5.87. The molecule has 1 aliphatic rings. The minimum absolute atomic E-state index is 0.0447. The van der Waals surface area contributed by atoms with Crippen LogP contribution in [-0.4, -0.2) is 24.8 Å². The lowest BCUT2D eigenvalue weighted by molar-refractivity contribution is -0.0899. The van der Waals surface area contributed by atoms with E-state index < -0.39 is 0 Å². The van der Waals surface area contributed by atoms with Crippen LogP contribution in [0.3, 0.4) is 0 Å². The van der Waals surface area contributed by atoms with Crippen LogP contribution >= 0.6 is 0 Å². The van der Waals surface area contributed by atoms with Crippen molar-refractivity contribution >= 4 is 0 Å². The highest BCUT2D eigenvalue weighted by molar-refractivity contribution is 5.64. The van der Waals surface area contributed by atoms with Crippen molar-refractivity contribution in [3.8, 4) is 11.3 Å². The highest BCUT2D eigenvalue weighted by Crippen LogP contribution is 2.30. The lowest BCUT2D eigenvalue weighted by atomic mass is 10.00. The zero-order valence-corrected chi connectivity index (χ0v) is 9.56. The first-order valence-corrected chi connectivity index (χ1v) is 5.87. The number of rotatable bonds is 2. The topological polar surface area (TPSA) is 34.2 Å². The SMILES string of the molecule is c1c[nH]c(-c2ccccc2C2COCCO2)c1. The van der Waals surface area contributed by atoms with Crippen molar-refractivity contribution < 1.29 is 9.47 Å². The molecular weight excluding hydrogens is 214 g/mol. The van der Waals surface area contributed by atoms with Crippen LogP contribution in [0.2, 0.25) is 0 Å². The molecule has 1 aliphatic heterocycles. The zero-order chi connectivity index (χ0) is 11.5. The summed E-state index contributed by atoms with van der Waals surface area (Å²) in [6.07, 6.45) is 1.98. The molecule has 1 aromatic heterocycles. The Morgan fingerprint density at radius 3 is 2.76 bits per heavy atom. The molecule has 1 saturated heterocycles. The fraction of sp³-hybridized carbons (Fsp3) is 0.286. The van der Waals surface area contributed by atoms with Crippen molar-refractivity contribution in [2.24, 2.45) is 0 Å². The molecule has 1 atom stereocenters. The molecule has 0 radical (unpaired) electrons. The van der Waals surface area contributed by atoms with E-state index in [1.54, 1.807) is 0 Å². The molecule has 3 heteroatoms. The number of aromatic amines is 1. The second-order valence-electron chi connectivity index (χ2n) is 4.11. The van der Waals surface area contributed by atoms with Gasteiger partial charge in [0.15, 0.2) is 0 Å². The van der Waals surface area contributed by atoms with Crippen molar-refractivity contribution in [2.75, 3.05) is 19.8 Å². The predicted octanol–water partition coefficient (Wildman–Crippen LogP) is 2.77. The molecule has 2 heterocycles. The number of ether oxygens (including phenoxy) is 2. The van der Waals surface area contributed by atoms with Gasteiger partial charge in [0.2, 0.25) is 0 Å². The van der Waals surface area contributed by atoms with Crippen molar-refractivity contribution in [3.63, 3.8) is 0 Å². The summed E-state index contributed by atoms with van der Waals surface area (Å²) < 4.78 is 11.2. The van der Waals surface area contributed by atoms with Crippen LogP contribution in [0.1, 0.15) is 11.7 Å². The average molecular weight is 229 g/mol. The van der Waals surface area contributed by atoms with Gasteiger partial charge in [0, 0.05) is 17.5 Å². The second kappa shape index (κ2) is 4.73. The van der Waals surface area contributed by atoms with Crippen molar-refractivity contribution in [2.45, 2.75) is 6.10 Å². The van der Waals surface area contributed by atoms with E-state index >= 15 is 0 Å². The summed E-state index contributed by atoms with van der Waals surface area (Å²) in [6.45, 7) is 2.00. The molecule has 1 unspecified atom stereocenters. The summed E-state index contributed by atoms with van der Waals surface area (Å²) in [4.78, 5) is 3.24. The Balaban J connectivity index is 1.98. The number of benzene rings is 1. The average Bonchev–Trinajstić information content (AvgIpc) is 2.94. The minimum atomic E-state index is 0.0447. The Morgan fingerprint density at radius 2 is 2.00 bits per heavy atom. The molecular formula is C14H15NO2. The molecule has 0 aliphatic carbocycles. The predicted molar refractivity (Wildman–Crippen MR) is 65.7 cm³/mol. The van der Waals surface area contributed by atoms with Gasteiger partial charge in [0.1, 0.15) is 6.10 Å². The first-order chi connectivity index (χ1) is 8.45. The standard InChI is InChI=1S/C14H15NO2/c1-2-5-12(14-10-16-8-9-17-14)11(4-1)13-6-3-7-15-13/h1-7,14-15H,8-10H2. The quantitative estimate of drug-likeness (QED) is 0.859. The summed E-state index contributed by atoms with van der Waals surface area (Å²) in [5.41, 5.74) is 3.50. The number of hydrogen-bond acceptors (Lipinski definition) is 2. The molecule has 0 bridgehead atoms. The number of hydrogen-bond donors (Lipinski definition) is 1. The van der Waals surface area contributed by atoms with Crippen LogP contribution in [0, 0.1) is 0 Å². The molecule has 0 amide bonds. The van der Waals surface area contributed by atoms with Gasteiger partial charge in [0.05, 0.1) is 19.8 Å². The van der Waals surface area contributed by atoms with E-state index in [9.17, 15) is 0 Å². The lowest BCUT2D eigenvalue weighted by Gasteiger charge is -2.25. The molecule has 88 valence electrons. The van der Waals surface area contributed by atoms with Gasteiger partial charge in [-0.1, -0.05) is 24.3 Å². The van der Waals surface area contributed by atoms with Gasteiger partial charge in [-0.25, -0.2) is 0 Å². The zero-order valence-electron chi connectivity index (χ0n) is 9.56. The highest BCUT2D eigenvalue weighted by atomic mass is 16.6. The molecule has 3 nitrogen and oxygen atoms in total. The largest absolute Gasteiger partial charge is 0.376 e. The Kier molecular flexibility index (Phi) is 2.94. The van der Waals surface area contributed by atoms with E-state index in [2.05, 4.69) is 23.2 Å². The Labute approximate surface area is 100 Å². The Morgan fingerprint density at radius 1 is 1.06 bits per heavy atom. The van der Waals surface area contributed by atoms with Crippen molar-refractivity contribution in [1.29, 1.82) is 0 Å². The van der Waals surface area contributed by atoms with Crippen LogP contribution in [0.5, 0.6) is 0 Å². The van der Waals surface area contributed by atoms with Crippen LogP contribution in [0.25, 0.3) is 11.3 Å². The van der Waals surface area contributed by atoms with Gasteiger partial charge < -0.3 is 14.5 Å². The fourth-order valence-electron chi connectivity index (χ4n) is 2.19. The number of nitrogens with one attached hydrogen (secondary N) is 1. The molecule has 0 spiro atoms. The van der Waals surface area contributed by atoms with E-state index in [0.717, 1.165) is 5.69 Å². The summed E-state index contributed by atoms with van der Waals surface area (Å²) in [7, 11) is 0. The third-order valence-electron chi connectivity index (χ3n) is 3.01. The first kappa shape index (κ1) is 10.6. The molecule has 1 aromatic carbocycles. The van der Waals surface area contributed by atoms with E-state index in [4.69, 9.17) is 9.47 Å². The van der Waals surface area contributed by atoms with Gasteiger partial charge in [-0.3, -0.25) is 0 Å². The van der Waals surface area contributed by atoms with E-state index in [1.165, 1.54) is 11.1 Å². The summed E-state index contributed by atoms with van der Waals surface area (Å²) in [5, 5.41) is 0. The maximum absolute atomic E-state index is 5.76. The molecule has 1 N–H and O–H groups in total. The second-order valence-corrected chi connectivity index (χ2v) is 4.11. The molecule has 0 saturated carbocycles.